The first-order valence-corrected chi connectivity index (χ1v) is 58.8. The largest absolute Gasteiger partial charge is 0.309 e. The number of rotatable bonds is 13. The molecule has 0 N–H and O–H groups in total. The molecule has 7 nitrogen and oxygen atoms in total. The Hall–Kier alpha value is -14.9. The van der Waals surface area contributed by atoms with E-state index in [9.17, 15) is 0 Å². The molecule has 0 aliphatic rings. The van der Waals surface area contributed by atoms with E-state index in [1.807, 2.05) is 72.8 Å². The Labute approximate surface area is 879 Å². The molecule has 0 saturated heterocycles. The average molecular weight is 1970 g/mol. The minimum Gasteiger partial charge on any atom is -0.309 e. The van der Waals surface area contributed by atoms with Crippen LogP contribution in [0.3, 0.4) is 0 Å². The van der Waals surface area contributed by atoms with Gasteiger partial charge < -0.3 is 18.3 Å². The van der Waals surface area contributed by atoms with E-state index in [4.69, 9.17) is 15.0 Å². The fourth-order valence-electron chi connectivity index (χ4n) is 20.4. The Morgan fingerprint density at radius 3 is 0.662 bits per heavy atom. The zero-order valence-corrected chi connectivity index (χ0v) is 93.7. The fraction of sp³-hybridized carbons (Fsp3) is 0.230. The third-order valence-electron chi connectivity index (χ3n) is 31.6. The summed E-state index contributed by atoms with van der Waals surface area (Å²) < 4.78 is 9.91. The molecule has 9 heteroatoms. The van der Waals surface area contributed by atoms with Crippen LogP contribution < -0.4 is 10.4 Å². The van der Waals surface area contributed by atoms with E-state index in [-0.39, 0.29) is 21.7 Å². The lowest BCUT2D eigenvalue weighted by Gasteiger charge is -2.37. The van der Waals surface area contributed by atoms with Crippen LogP contribution in [0, 0.1) is 27.7 Å². The van der Waals surface area contributed by atoms with Gasteiger partial charge in [0, 0.05) is 82.5 Å². The quantitative estimate of drug-likeness (QED) is 0.0854. The van der Waals surface area contributed by atoms with Crippen molar-refractivity contribution in [3.8, 4) is 56.9 Å². The van der Waals surface area contributed by atoms with Crippen LogP contribution in [0.1, 0.15) is 191 Å². The standard InChI is InChI=1S/C59H61N3.C31H43NSi2.C27H22.C22H17N3/c1-36-14-20-41(21-15-36)60-54-28-22-42(61-50-24-16-37(56(2,3)4)30-44(50)45-31-38(57(5,6)7)17-25-51(45)61)34-48(54)49-35-43(23-29-55(49)60)62-52-26-18-39(58(8,9)10)32-46(52)47-33-40(59(11,12)13)19-27-53(47)62;1-22-12-14-23(15-13-22)32-28-18-16-24(33(8,9)30(2,3)4)20-26(28)27-21-25(17-19-29(27)32)34(10,11)31(5,6)7;1-21-17-19-25(20-18-21)27(24-15-9-4-10-16-24)26(22-11-5-2-6-12-22)23-13-7-3-8-14-23;1-16-12-14-19(15-13-16)22-24-20(17-8-4-2-5-9-17)23-21(25-22)18-10-6-3-7-11-18/h14-35H,1-13H3;12-21H,1-11H3;2-20H,1H3;2-15H,1H3. The fourth-order valence-corrected chi connectivity index (χ4v) is 24.2. The van der Waals surface area contributed by atoms with Crippen LogP contribution in [0.4, 0.5) is 0 Å². The highest BCUT2D eigenvalue weighted by Gasteiger charge is 2.40. The Morgan fingerprint density at radius 1 is 0.196 bits per heavy atom. The summed E-state index contributed by atoms with van der Waals surface area (Å²) in [7, 11) is -3.29. The molecule has 0 amide bonds. The normalized spacial score (nSPS) is 12.4. The minimum atomic E-state index is -1.64. The molecule has 0 spiro atoms. The Bertz CT molecular complexity index is 8160. The smallest absolute Gasteiger partial charge is 0.164 e. The number of nitrogens with zero attached hydrogens (tertiary/aromatic N) is 7. The topological polar surface area (TPSA) is 58.4 Å². The maximum absolute atomic E-state index is 4.71. The van der Waals surface area contributed by atoms with Crippen LogP contribution in [-0.2, 0) is 21.7 Å². The summed E-state index contributed by atoms with van der Waals surface area (Å²) >= 11 is 0. The molecule has 22 aromatic rings. The van der Waals surface area contributed by atoms with Crippen molar-refractivity contribution in [3.05, 3.63) is 461 Å². The molecule has 0 bridgehead atoms. The highest BCUT2D eigenvalue weighted by molar-refractivity contribution is 6.93. The Balaban J connectivity index is 0.000000135. The van der Waals surface area contributed by atoms with Crippen LogP contribution in [0.2, 0.25) is 36.3 Å². The molecule has 5 heterocycles. The highest BCUT2D eigenvalue weighted by atomic mass is 28.3. The lowest BCUT2D eigenvalue weighted by atomic mass is 9.85. The van der Waals surface area contributed by atoms with Crippen molar-refractivity contribution in [2.24, 2.45) is 0 Å². The van der Waals surface area contributed by atoms with Gasteiger partial charge >= 0.3 is 0 Å². The molecule has 22 rings (SSSR count). The molecular weight excluding hydrogens is 1820 g/mol. The predicted molar refractivity (Wildman–Crippen MR) is 645 cm³/mol. The second-order valence-corrected chi connectivity index (χ2v) is 58.8. The van der Waals surface area contributed by atoms with Gasteiger partial charge in [0.05, 0.1) is 60.3 Å². The Morgan fingerprint density at radius 2 is 0.399 bits per heavy atom. The maximum atomic E-state index is 4.71. The van der Waals surface area contributed by atoms with Gasteiger partial charge in [-0.05, 0) is 236 Å². The number of benzene rings is 17. The summed E-state index contributed by atoms with van der Waals surface area (Å²) in [5.41, 5.74) is 35.7. The first kappa shape index (κ1) is 102. The maximum Gasteiger partial charge on any atom is 0.164 e. The van der Waals surface area contributed by atoms with E-state index < -0.39 is 16.1 Å². The van der Waals surface area contributed by atoms with E-state index in [1.54, 1.807) is 10.4 Å². The minimum absolute atomic E-state index is 0.0405. The summed E-state index contributed by atoms with van der Waals surface area (Å²) in [5.74, 6) is 2.06. The third-order valence-corrected chi connectivity index (χ3v) is 42.6. The first-order valence-electron chi connectivity index (χ1n) is 52.8. The summed E-state index contributed by atoms with van der Waals surface area (Å²) in [4.78, 5) is 14.1. The molecule has 0 unspecified atom stereocenters. The van der Waals surface area contributed by atoms with Gasteiger partial charge in [0.1, 0.15) is 0 Å². The lowest BCUT2D eigenvalue weighted by molar-refractivity contribution is 0.590. The highest BCUT2D eigenvalue weighted by Crippen LogP contribution is 2.47. The zero-order chi connectivity index (χ0) is 105. The van der Waals surface area contributed by atoms with E-state index >= 15 is 0 Å². The number of aromatic nitrogens is 7. The second kappa shape index (κ2) is 39.7. The molecule has 0 aliphatic heterocycles. The molecule has 0 saturated carbocycles. The van der Waals surface area contributed by atoms with Crippen LogP contribution in [0.25, 0.3) is 155 Å². The van der Waals surface area contributed by atoms with Crippen LogP contribution >= 0.6 is 0 Å². The number of hydrogen-bond acceptors (Lipinski definition) is 3. The van der Waals surface area contributed by atoms with Crippen LogP contribution in [0.5, 0.6) is 0 Å². The van der Waals surface area contributed by atoms with Crippen molar-refractivity contribution >= 4 is 125 Å². The van der Waals surface area contributed by atoms with Gasteiger partial charge in [0.2, 0.25) is 0 Å². The molecular formula is C139H143N7Si2. The van der Waals surface area contributed by atoms with Crippen LogP contribution in [-0.4, -0.2) is 49.4 Å². The lowest BCUT2D eigenvalue weighted by Crippen LogP contribution is -2.49. The molecule has 0 fully saturated rings. The van der Waals surface area contributed by atoms with E-state index in [0.29, 0.717) is 27.5 Å². The van der Waals surface area contributed by atoms with Crippen molar-refractivity contribution in [3.63, 3.8) is 0 Å². The van der Waals surface area contributed by atoms with Crippen molar-refractivity contribution in [1.29, 1.82) is 0 Å². The summed E-state index contributed by atoms with van der Waals surface area (Å²) in [6, 6.07) is 144. The molecule has 0 radical (unpaired) electrons. The third kappa shape index (κ3) is 20.2. The molecule has 5 aromatic heterocycles. The van der Waals surface area contributed by atoms with Gasteiger partial charge in [-0.15, -0.1) is 0 Å². The van der Waals surface area contributed by atoms with Crippen molar-refractivity contribution in [2.45, 2.75) is 210 Å². The van der Waals surface area contributed by atoms with Gasteiger partial charge in [-0.1, -0.05) is 456 Å². The van der Waals surface area contributed by atoms with Gasteiger partial charge in [0.25, 0.3) is 0 Å². The molecule has 148 heavy (non-hydrogen) atoms. The molecule has 742 valence electrons. The first-order chi connectivity index (χ1) is 70.3. The number of hydrogen-bond donors (Lipinski definition) is 0. The van der Waals surface area contributed by atoms with Crippen LogP contribution in [0.15, 0.2) is 394 Å². The monoisotopic (exact) mass is 1970 g/mol. The van der Waals surface area contributed by atoms with Gasteiger partial charge in [-0.2, -0.15) is 0 Å². The van der Waals surface area contributed by atoms with Gasteiger partial charge in [0.15, 0.2) is 17.5 Å². The number of aryl methyl sites for hydroxylation is 4. The van der Waals surface area contributed by atoms with Crippen molar-refractivity contribution in [1.82, 2.24) is 33.2 Å². The van der Waals surface area contributed by atoms with Gasteiger partial charge in [-0.25, -0.2) is 15.0 Å². The van der Waals surface area contributed by atoms with E-state index in [0.717, 1.165) is 16.7 Å². The average Bonchev–Trinajstić information content (AvgIpc) is 1.57. The molecule has 17 aromatic carbocycles. The van der Waals surface area contributed by atoms with E-state index in [2.05, 4.69) is 518 Å². The van der Waals surface area contributed by atoms with Crippen molar-refractivity contribution in [2.75, 3.05) is 0 Å². The summed E-state index contributed by atoms with van der Waals surface area (Å²) in [5, 5.41) is 14.2. The summed E-state index contributed by atoms with van der Waals surface area (Å²) in [6.45, 7) is 60.8. The second-order valence-electron chi connectivity index (χ2n) is 48.2. The van der Waals surface area contributed by atoms with Crippen molar-refractivity contribution < 1.29 is 0 Å². The summed E-state index contributed by atoms with van der Waals surface area (Å²) in [6.07, 6.45) is 0. The molecule has 0 atom stereocenters. The zero-order valence-electron chi connectivity index (χ0n) is 91.7. The predicted octanol–water partition coefficient (Wildman–Crippen LogP) is 37.2. The SMILES string of the molecule is Cc1ccc(-c2nc(-c3ccccc3)nc(-c3ccccc3)n2)cc1.Cc1ccc(-n2c3ccc(-n4c5ccc(C(C)(C)C)cc5c5cc(C(C)(C)C)ccc54)cc3c3cc(-n4c5ccc(C(C)(C)C)cc5c5cc(C(C)(C)C)ccc54)ccc32)cc1.Cc1ccc(-n2c3ccc([Si](C)(C)C(C)(C)C)cc3c3cc([Si](C)(C)C(C)(C)C)ccc32)cc1.Cc1ccc(C(=C(c2ccccc2)c2ccccc2)c2ccccc2)cc1. The van der Waals surface area contributed by atoms with E-state index in [1.165, 1.54) is 188 Å². The number of fused-ring (bicyclic) bond motifs is 12. The Kier molecular flexibility index (Phi) is 27.3. The van der Waals surface area contributed by atoms with Gasteiger partial charge in [-0.3, -0.25) is 0 Å². The molecule has 0 aliphatic carbocycles.